The molecule has 2 heteroatoms. The summed E-state index contributed by atoms with van der Waals surface area (Å²) in [7, 11) is 0. The quantitative estimate of drug-likeness (QED) is 0.162. The molecule has 0 radical (unpaired) electrons. The van der Waals surface area contributed by atoms with Crippen LogP contribution < -0.4 is 4.90 Å². The van der Waals surface area contributed by atoms with Crippen LogP contribution in [0, 0.1) is 0 Å². The van der Waals surface area contributed by atoms with Gasteiger partial charge in [-0.15, -0.1) is 11.3 Å². The van der Waals surface area contributed by atoms with Crippen molar-refractivity contribution in [1.29, 1.82) is 0 Å². The number of hydrogen-bond donors (Lipinski definition) is 0. The second-order valence-electron chi connectivity index (χ2n) is 20.2. The number of thiophene rings is 1. The Morgan fingerprint density at radius 1 is 0.483 bits per heavy atom. The molecule has 0 unspecified atom stereocenters. The van der Waals surface area contributed by atoms with E-state index in [4.69, 9.17) is 0 Å². The highest BCUT2D eigenvalue weighted by atomic mass is 32.1. The van der Waals surface area contributed by atoms with Crippen LogP contribution in [-0.4, -0.2) is 0 Å². The van der Waals surface area contributed by atoms with E-state index >= 15 is 0 Å². The highest BCUT2D eigenvalue weighted by Gasteiger charge is 2.40. The first-order valence-corrected chi connectivity index (χ1v) is 22.8. The first kappa shape index (κ1) is 38.7. The molecule has 8 aromatic rings. The van der Waals surface area contributed by atoms with Gasteiger partial charge in [-0.2, -0.15) is 0 Å². The third kappa shape index (κ3) is 5.70. The standard InChI is InChI=1S/C58H57NS/c1-34(2)36-30-45(35(3)4)55-46(31-36)43-21-16-20-42(54(43)60-55)41-19-13-15-25-52(41)59(37-26-28-40-39-18-12-14-22-47(39)57(8,9)50(40)32-37)38-27-29-44-51(33-38)58(10,11)49-24-17-23-48(53(44)49)56(5,6)7/h12-35H,1-11H3. The topological polar surface area (TPSA) is 3.24 Å². The van der Waals surface area contributed by atoms with E-state index in [1.54, 1.807) is 0 Å². The average Bonchev–Trinajstić information content (AvgIpc) is 3.80. The van der Waals surface area contributed by atoms with Crippen LogP contribution in [0.3, 0.4) is 0 Å². The Morgan fingerprint density at radius 3 is 1.77 bits per heavy atom. The summed E-state index contributed by atoms with van der Waals surface area (Å²) >= 11 is 1.97. The lowest BCUT2D eigenvalue weighted by Crippen LogP contribution is -2.18. The van der Waals surface area contributed by atoms with Crippen molar-refractivity contribution in [1.82, 2.24) is 0 Å². The molecule has 2 aliphatic rings. The molecular weight excluding hydrogens is 743 g/mol. The van der Waals surface area contributed by atoms with E-state index in [0.717, 1.165) is 0 Å². The Kier molecular flexibility index (Phi) is 8.74. The van der Waals surface area contributed by atoms with Gasteiger partial charge in [0.15, 0.2) is 0 Å². The Morgan fingerprint density at radius 2 is 1.07 bits per heavy atom. The minimum absolute atomic E-state index is 0.0291. The Hall–Kier alpha value is -5.44. The maximum Gasteiger partial charge on any atom is 0.0540 e. The molecule has 0 amide bonds. The van der Waals surface area contributed by atoms with Gasteiger partial charge in [0, 0.05) is 53.5 Å². The SMILES string of the molecule is CC(C)c1cc(C(C)C)c2sc3c(-c4ccccc4N(c4ccc5c(c4)C(C)(C)c4ccccc4-5)c4ccc5c(c4)C(C)(C)c4cccc(C(C)(C)C)c4-5)cccc3c2c1. The molecule has 0 atom stereocenters. The lowest BCUT2D eigenvalue weighted by Gasteiger charge is -2.31. The van der Waals surface area contributed by atoms with Gasteiger partial charge < -0.3 is 4.90 Å². The fourth-order valence-corrected chi connectivity index (χ4v) is 12.1. The minimum atomic E-state index is -0.152. The van der Waals surface area contributed by atoms with Gasteiger partial charge in [0.2, 0.25) is 0 Å². The number of hydrogen-bond acceptors (Lipinski definition) is 2. The van der Waals surface area contributed by atoms with Crippen molar-refractivity contribution in [2.24, 2.45) is 0 Å². The van der Waals surface area contributed by atoms with Gasteiger partial charge in [-0.05, 0) is 115 Å². The molecule has 60 heavy (non-hydrogen) atoms. The lowest BCUT2D eigenvalue weighted by atomic mass is 9.79. The normalized spacial score (nSPS) is 14.8. The van der Waals surface area contributed by atoms with E-state index in [1.165, 1.54) is 110 Å². The van der Waals surface area contributed by atoms with Crippen LogP contribution in [-0.2, 0) is 16.2 Å². The van der Waals surface area contributed by atoms with Crippen molar-refractivity contribution >= 4 is 48.6 Å². The molecule has 10 rings (SSSR count). The molecule has 1 nitrogen and oxygen atoms in total. The highest BCUT2D eigenvalue weighted by Crippen LogP contribution is 2.56. The van der Waals surface area contributed by atoms with Crippen molar-refractivity contribution < 1.29 is 0 Å². The van der Waals surface area contributed by atoms with Crippen molar-refractivity contribution in [3.63, 3.8) is 0 Å². The largest absolute Gasteiger partial charge is 0.310 e. The second kappa shape index (κ2) is 13.5. The van der Waals surface area contributed by atoms with Crippen molar-refractivity contribution in [3.05, 3.63) is 172 Å². The minimum Gasteiger partial charge on any atom is -0.310 e. The predicted molar refractivity (Wildman–Crippen MR) is 261 cm³/mol. The van der Waals surface area contributed by atoms with Crippen LogP contribution in [0.2, 0.25) is 0 Å². The van der Waals surface area contributed by atoms with Crippen molar-refractivity contribution in [3.8, 4) is 33.4 Å². The van der Waals surface area contributed by atoms with E-state index < -0.39 is 0 Å². The Balaban J connectivity index is 1.23. The number of anilines is 3. The Bertz CT molecular complexity index is 3030. The van der Waals surface area contributed by atoms with Crippen LogP contribution >= 0.6 is 11.3 Å². The summed E-state index contributed by atoms with van der Waals surface area (Å²) in [5.74, 6) is 0.907. The lowest BCUT2D eigenvalue weighted by molar-refractivity contribution is 0.589. The van der Waals surface area contributed by atoms with Crippen LogP contribution in [0.5, 0.6) is 0 Å². The summed E-state index contributed by atoms with van der Waals surface area (Å²) in [6.07, 6.45) is 0. The molecule has 0 fully saturated rings. The molecule has 0 spiro atoms. The summed E-state index contributed by atoms with van der Waals surface area (Å²) in [4.78, 5) is 2.56. The maximum absolute atomic E-state index is 2.56. The fourth-order valence-electron chi connectivity index (χ4n) is 10.6. The van der Waals surface area contributed by atoms with Crippen molar-refractivity contribution in [2.75, 3.05) is 4.90 Å². The summed E-state index contributed by atoms with van der Waals surface area (Å²) < 4.78 is 2.77. The molecule has 0 saturated heterocycles. The maximum atomic E-state index is 2.56. The number of benzene rings is 7. The van der Waals surface area contributed by atoms with Gasteiger partial charge >= 0.3 is 0 Å². The molecule has 0 aliphatic heterocycles. The van der Waals surface area contributed by atoms with Gasteiger partial charge in [-0.1, -0.05) is 173 Å². The van der Waals surface area contributed by atoms with Crippen LogP contribution in [0.1, 0.15) is 127 Å². The van der Waals surface area contributed by atoms with E-state index in [1.807, 2.05) is 11.3 Å². The first-order valence-electron chi connectivity index (χ1n) is 22.0. The number of rotatable bonds is 6. The fraction of sp³-hybridized carbons (Fsp3) is 0.276. The zero-order valence-corrected chi connectivity index (χ0v) is 38.0. The number of nitrogens with zero attached hydrogens (tertiary/aromatic N) is 1. The van der Waals surface area contributed by atoms with Crippen molar-refractivity contribution in [2.45, 2.75) is 104 Å². The monoisotopic (exact) mass is 799 g/mol. The molecule has 0 N–H and O–H groups in total. The van der Waals surface area contributed by atoms with E-state index in [9.17, 15) is 0 Å². The summed E-state index contributed by atoms with van der Waals surface area (Å²) in [5.41, 5.74) is 21.2. The molecule has 0 bridgehead atoms. The molecule has 300 valence electrons. The van der Waals surface area contributed by atoms with Gasteiger partial charge in [0.25, 0.3) is 0 Å². The third-order valence-electron chi connectivity index (χ3n) is 13.9. The van der Waals surface area contributed by atoms with Crippen LogP contribution in [0.25, 0.3) is 53.6 Å². The second-order valence-corrected chi connectivity index (χ2v) is 21.2. The van der Waals surface area contributed by atoms with E-state index in [0.29, 0.717) is 11.8 Å². The molecule has 7 aromatic carbocycles. The van der Waals surface area contributed by atoms with E-state index in [-0.39, 0.29) is 16.2 Å². The summed E-state index contributed by atoms with van der Waals surface area (Å²) in [6.45, 7) is 26.0. The molecule has 0 saturated carbocycles. The van der Waals surface area contributed by atoms with Gasteiger partial charge in [-0.3, -0.25) is 0 Å². The smallest absolute Gasteiger partial charge is 0.0540 e. The van der Waals surface area contributed by atoms with Gasteiger partial charge in [0.05, 0.1) is 5.69 Å². The predicted octanol–water partition coefficient (Wildman–Crippen LogP) is 17.3. The highest BCUT2D eigenvalue weighted by molar-refractivity contribution is 7.26. The van der Waals surface area contributed by atoms with Crippen LogP contribution in [0.4, 0.5) is 17.1 Å². The Labute approximate surface area is 361 Å². The molecular formula is C58H57NS. The zero-order chi connectivity index (χ0) is 42.0. The number of para-hydroxylation sites is 1. The third-order valence-corrected chi connectivity index (χ3v) is 15.3. The first-order chi connectivity index (χ1) is 28.6. The molecule has 1 aromatic heterocycles. The van der Waals surface area contributed by atoms with Gasteiger partial charge in [-0.25, -0.2) is 0 Å². The summed E-state index contributed by atoms with van der Waals surface area (Å²) in [5, 5.41) is 2.73. The van der Waals surface area contributed by atoms with Crippen LogP contribution in [0.15, 0.2) is 133 Å². The number of fused-ring (bicyclic) bond motifs is 9. The summed E-state index contributed by atoms with van der Waals surface area (Å²) in [6, 6.07) is 51.5. The van der Waals surface area contributed by atoms with E-state index in [2.05, 4.69) is 215 Å². The average molecular weight is 800 g/mol. The van der Waals surface area contributed by atoms with Gasteiger partial charge in [0.1, 0.15) is 0 Å². The zero-order valence-electron chi connectivity index (χ0n) is 37.2. The molecule has 2 aliphatic carbocycles. The molecule has 1 heterocycles.